The van der Waals surface area contributed by atoms with Gasteiger partial charge >= 0.3 is 0 Å². The van der Waals surface area contributed by atoms with Crippen molar-refractivity contribution >= 4 is 39.1 Å². The lowest BCUT2D eigenvalue weighted by atomic mass is 10.0. The number of unbranched alkanes of at least 4 members (excludes halogenated alkanes) is 1. The number of benzene rings is 3. The summed E-state index contributed by atoms with van der Waals surface area (Å²) in [7, 11) is 0. The van der Waals surface area contributed by atoms with E-state index in [0.29, 0.717) is 0 Å². The molecule has 4 rings (SSSR count). The lowest BCUT2D eigenvalue weighted by Gasteiger charge is -2.03. The summed E-state index contributed by atoms with van der Waals surface area (Å²) in [6.45, 7) is 5.92. The largest absolute Gasteiger partial charge is 0.455 e. The van der Waals surface area contributed by atoms with Crippen molar-refractivity contribution in [3.63, 3.8) is 0 Å². The van der Waals surface area contributed by atoms with Gasteiger partial charge in [0.15, 0.2) is 0 Å². The maximum absolute atomic E-state index is 6.68. The smallest absolute Gasteiger partial charge is 0.142 e. The van der Waals surface area contributed by atoms with Gasteiger partial charge in [0, 0.05) is 16.3 Å². The van der Waals surface area contributed by atoms with E-state index in [1.807, 2.05) is 30.3 Å². The van der Waals surface area contributed by atoms with E-state index in [2.05, 4.69) is 56.0 Å². The van der Waals surface area contributed by atoms with Crippen molar-refractivity contribution in [3.8, 4) is 11.1 Å². The number of allylic oxidation sites excluding steroid dienone is 3. The standard InChI is InChI=1S/C25H21ClO/c1-3-4-6-10-17(2)20-13-9-14-21-24-22(26)15-19(16-23(24)27-25(20)21)18-11-7-5-8-12-18/h3,5,7-16H,1,4,6H2,2H3/b17-10+. The zero-order valence-electron chi connectivity index (χ0n) is 15.3. The Hall–Kier alpha value is -2.77. The minimum absolute atomic E-state index is 0.718. The Bertz CT molecular complexity index is 1150. The van der Waals surface area contributed by atoms with E-state index in [4.69, 9.17) is 16.0 Å². The zero-order valence-corrected chi connectivity index (χ0v) is 16.1. The molecule has 0 aliphatic rings. The molecule has 1 aromatic heterocycles. The molecule has 0 spiro atoms. The van der Waals surface area contributed by atoms with Crippen LogP contribution in [0, 0.1) is 0 Å². The molecule has 2 heteroatoms. The average molecular weight is 373 g/mol. The number of furan rings is 1. The normalized spacial score (nSPS) is 12.0. The minimum atomic E-state index is 0.718. The fraction of sp³-hybridized carbons (Fsp3) is 0.120. The number of para-hydroxylation sites is 1. The second-order valence-corrected chi connectivity index (χ2v) is 7.14. The summed E-state index contributed by atoms with van der Waals surface area (Å²) in [6.07, 6.45) is 6.13. The summed E-state index contributed by atoms with van der Waals surface area (Å²) in [5.74, 6) is 0. The molecule has 0 saturated heterocycles. The molecule has 0 unspecified atom stereocenters. The average Bonchev–Trinajstić information content (AvgIpc) is 3.07. The van der Waals surface area contributed by atoms with Crippen molar-refractivity contribution in [1.82, 2.24) is 0 Å². The molecule has 27 heavy (non-hydrogen) atoms. The van der Waals surface area contributed by atoms with Crippen LogP contribution in [0.5, 0.6) is 0 Å². The molecule has 0 amide bonds. The van der Waals surface area contributed by atoms with E-state index in [0.717, 1.165) is 56.5 Å². The highest BCUT2D eigenvalue weighted by Gasteiger charge is 2.15. The molecule has 134 valence electrons. The Balaban J connectivity index is 1.90. The maximum Gasteiger partial charge on any atom is 0.142 e. The fourth-order valence-corrected chi connectivity index (χ4v) is 3.83. The molecule has 0 fully saturated rings. The molecule has 0 radical (unpaired) electrons. The predicted molar refractivity (Wildman–Crippen MR) is 117 cm³/mol. The number of fused-ring (bicyclic) bond motifs is 3. The highest BCUT2D eigenvalue weighted by atomic mass is 35.5. The first kappa shape index (κ1) is 17.6. The number of halogens is 1. The van der Waals surface area contributed by atoms with Gasteiger partial charge in [0.05, 0.1) is 5.02 Å². The van der Waals surface area contributed by atoms with Crippen molar-refractivity contribution in [3.05, 3.63) is 90.0 Å². The van der Waals surface area contributed by atoms with Crippen LogP contribution in [-0.4, -0.2) is 0 Å². The van der Waals surface area contributed by atoms with Gasteiger partial charge in [0.25, 0.3) is 0 Å². The first-order valence-electron chi connectivity index (χ1n) is 9.17. The Kier molecular flexibility index (Phi) is 4.87. The Labute approximate surface area is 164 Å². The molecule has 0 N–H and O–H groups in total. The van der Waals surface area contributed by atoms with Crippen LogP contribution in [0.3, 0.4) is 0 Å². The molecule has 0 bridgehead atoms. The van der Waals surface area contributed by atoms with Gasteiger partial charge in [0.1, 0.15) is 11.2 Å². The predicted octanol–water partition coefficient (Wildman–Crippen LogP) is 8.28. The highest BCUT2D eigenvalue weighted by Crippen LogP contribution is 2.39. The summed E-state index contributed by atoms with van der Waals surface area (Å²) >= 11 is 6.68. The SMILES string of the molecule is C=CCC/C=C(\C)c1cccc2c1oc1cc(-c3ccccc3)cc(Cl)c12. The van der Waals surface area contributed by atoms with Crippen LogP contribution in [0.2, 0.25) is 5.02 Å². The Morgan fingerprint density at radius 3 is 2.59 bits per heavy atom. The number of hydrogen-bond acceptors (Lipinski definition) is 1. The van der Waals surface area contributed by atoms with Gasteiger partial charge < -0.3 is 4.42 Å². The zero-order chi connectivity index (χ0) is 18.8. The summed E-state index contributed by atoms with van der Waals surface area (Å²) < 4.78 is 6.31. The Morgan fingerprint density at radius 1 is 1.00 bits per heavy atom. The van der Waals surface area contributed by atoms with Gasteiger partial charge in [-0.1, -0.05) is 72.3 Å². The second kappa shape index (κ2) is 7.46. The lowest BCUT2D eigenvalue weighted by molar-refractivity contribution is 0.668. The Morgan fingerprint density at radius 2 is 1.81 bits per heavy atom. The van der Waals surface area contributed by atoms with Gasteiger partial charge in [-0.05, 0) is 48.6 Å². The van der Waals surface area contributed by atoms with Crippen molar-refractivity contribution in [1.29, 1.82) is 0 Å². The highest BCUT2D eigenvalue weighted by molar-refractivity contribution is 6.38. The second-order valence-electron chi connectivity index (χ2n) is 6.73. The van der Waals surface area contributed by atoms with Gasteiger partial charge in [-0.2, -0.15) is 0 Å². The van der Waals surface area contributed by atoms with Gasteiger partial charge in [0.2, 0.25) is 0 Å². The molecular formula is C25H21ClO. The molecule has 3 aromatic carbocycles. The molecule has 1 heterocycles. The third-order valence-electron chi connectivity index (χ3n) is 4.90. The molecule has 0 aliphatic carbocycles. The molecule has 1 nitrogen and oxygen atoms in total. The van der Waals surface area contributed by atoms with Crippen LogP contribution in [0.1, 0.15) is 25.3 Å². The van der Waals surface area contributed by atoms with Crippen LogP contribution in [0.15, 0.2) is 83.8 Å². The van der Waals surface area contributed by atoms with E-state index >= 15 is 0 Å². The summed E-state index contributed by atoms with van der Waals surface area (Å²) in [5.41, 5.74) is 6.23. The summed E-state index contributed by atoms with van der Waals surface area (Å²) in [4.78, 5) is 0. The molecular weight excluding hydrogens is 352 g/mol. The van der Waals surface area contributed by atoms with Crippen molar-refractivity contribution in [2.24, 2.45) is 0 Å². The van der Waals surface area contributed by atoms with Crippen molar-refractivity contribution < 1.29 is 4.42 Å². The van der Waals surface area contributed by atoms with Crippen LogP contribution >= 0.6 is 11.6 Å². The monoisotopic (exact) mass is 372 g/mol. The quantitative estimate of drug-likeness (QED) is 0.253. The van der Waals surface area contributed by atoms with E-state index < -0.39 is 0 Å². The number of rotatable bonds is 5. The van der Waals surface area contributed by atoms with Gasteiger partial charge in [-0.3, -0.25) is 0 Å². The van der Waals surface area contributed by atoms with Crippen LogP contribution in [0.25, 0.3) is 38.6 Å². The van der Waals surface area contributed by atoms with Crippen LogP contribution in [-0.2, 0) is 0 Å². The number of hydrogen-bond donors (Lipinski definition) is 0. The fourth-order valence-electron chi connectivity index (χ4n) is 3.51. The summed E-state index contributed by atoms with van der Waals surface area (Å²) in [5, 5.41) is 2.76. The van der Waals surface area contributed by atoms with Gasteiger partial charge in [-0.25, -0.2) is 0 Å². The lowest BCUT2D eigenvalue weighted by Crippen LogP contribution is -1.81. The van der Waals surface area contributed by atoms with E-state index in [1.165, 1.54) is 5.57 Å². The van der Waals surface area contributed by atoms with E-state index in [-0.39, 0.29) is 0 Å². The van der Waals surface area contributed by atoms with E-state index in [9.17, 15) is 0 Å². The third-order valence-corrected chi connectivity index (χ3v) is 5.20. The van der Waals surface area contributed by atoms with Crippen LogP contribution in [0.4, 0.5) is 0 Å². The minimum Gasteiger partial charge on any atom is -0.455 e. The molecule has 0 saturated carbocycles. The first-order chi connectivity index (χ1) is 13.2. The third kappa shape index (κ3) is 3.31. The summed E-state index contributed by atoms with van der Waals surface area (Å²) in [6, 6.07) is 20.6. The van der Waals surface area contributed by atoms with Crippen molar-refractivity contribution in [2.75, 3.05) is 0 Å². The molecule has 0 atom stereocenters. The maximum atomic E-state index is 6.68. The topological polar surface area (TPSA) is 13.1 Å². The molecule has 4 aromatic rings. The van der Waals surface area contributed by atoms with Crippen LogP contribution < -0.4 is 0 Å². The first-order valence-corrected chi connectivity index (χ1v) is 9.55. The molecule has 0 aliphatic heterocycles. The van der Waals surface area contributed by atoms with Crippen molar-refractivity contribution in [2.45, 2.75) is 19.8 Å². The van der Waals surface area contributed by atoms with Gasteiger partial charge in [-0.15, -0.1) is 6.58 Å². The van der Waals surface area contributed by atoms with E-state index in [1.54, 1.807) is 0 Å².